The van der Waals surface area contributed by atoms with Crippen molar-refractivity contribution >= 4 is 33.3 Å². The van der Waals surface area contributed by atoms with Crippen LogP contribution < -0.4 is 10.5 Å². The van der Waals surface area contributed by atoms with E-state index in [-0.39, 0.29) is 23.9 Å². The zero-order chi connectivity index (χ0) is 17.4. The molecule has 25 heavy (non-hydrogen) atoms. The van der Waals surface area contributed by atoms with Crippen LogP contribution in [-0.2, 0) is 9.59 Å². The van der Waals surface area contributed by atoms with Gasteiger partial charge in [0.1, 0.15) is 29.6 Å². The van der Waals surface area contributed by atoms with Crippen molar-refractivity contribution in [1.29, 1.82) is 0 Å². The van der Waals surface area contributed by atoms with Crippen molar-refractivity contribution in [3.8, 4) is 5.75 Å². The molecule has 1 fully saturated rings. The van der Waals surface area contributed by atoms with E-state index >= 15 is 0 Å². The number of ketones is 2. The lowest BCUT2D eigenvalue weighted by Gasteiger charge is -2.18. The average Bonchev–Trinajstić information content (AvgIpc) is 3.04. The molecule has 3 aromatic rings. The maximum Gasteiger partial charge on any atom is 0.167 e. The number of carbonyl (C=O) groups is 2. The van der Waals surface area contributed by atoms with Gasteiger partial charge in [-0.1, -0.05) is 11.2 Å². The molecule has 6 heteroatoms. The summed E-state index contributed by atoms with van der Waals surface area (Å²) in [6, 6.07) is 9.55. The van der Waals surface area contributed by atoms with Gasteiger partial charge in [-0.3, -0.25) is 9.59 Å². The Kier molecular flexibility index (Phi) is 3.97. The summed E-state index contributed by atoms with van der Waals surface area (Å²) in [5.41, 5.74) is 6.75. The summed E-state index contributed by atoms with van der Waals surface area (Å²) in [7, 11) is 0. The van der Waals surface area contributed by atoms with Crippen molar-refractivity contribution in [2.75, 3.05) is 13.2 Å². The molecule has 1 aliphatic carbocycles. The number of rotatable bonds is 4. The van der Waals surface area contributed by atoms with Crippen LogP contribution in [0, 0.1) is 0 Å². The zero-order valence-electron chi connectivity index (χ0n) is 13.7. The van der Waals surface area contributed by atoms with Crippen LogP contribution in [0.15, 0.2) is 34.9 Å². The minimum absolute atomic E-state index is 0.000558. The summed E-state index contributed by atoms with van der Waals surface area (Å²) >= 11 is 0. The summed E-state index contributed by atoms with van der Waals surface area (Å²) in [6.45, 7) is 0.909. The second-order valence-corrected chi connectivity index (χ2v) is 6.30. The molecule has 0 amide bonds. The van der Waals surface area contributed by atoms with Crippen molar-refractivity contribution in [2.45, 2.75) is 25.2 Å². The van der Waals surface area contributed by atoms with E-state index < -0.39 is 0 Å². The Bertz CT molecular complexity index is 976. The molecule has 4 rings (SSSR count). The third-order valence-corrected chi connectivity index (χ3v) is 4.64. The third-order valence-electron chi connectivity index (χ3n) is 4.64. The molecule has 1 heterocycles. The van der Waals surface area contributed by atoms with Crippen LogP contribution in [0.5, 0.6) is 5.75 Å². The average molecular weight is 338 g/mol. The summed E-state index contributed by atoms with van der Waals surface area (Å²) in [5.74, 6) is 0.291. The molecule has 0 saturated heterocycles. The quantitative estimate of drug-likeness (QED) is 0.735. The standard InChI is InChI=1S/C19H18N2O4/c20-7-8-24-13-3-5-14-11(9-13)1-6-17-18(14)19(21-25-17)15-4-2-12(22)10-16(15)23/h1,3,5-6,9,15H,2,4,7-8,10,20H2. The van der Waals surface area contributed by atoms with Crippen LogP contribution in [0.4, 0.5) is 0 Å². The van der Waals surface area contributed by atoms with Gasteiger partial charge in [-0.05, 0) is 41.5 Å². The van der Waals surface area contributed by atoms with Crippen LogP contribution in [0.3, 0.4) is 0 Å². The maximum absolute atomic E-state index is 12.3. The molecule has 2 aromatic carbocycles. The van der Waals surface area contributed by atoms with E-state index in [9.17, 15) is 9.59 Å². The number of hydrogen-bond donors (Lipinski definition) is 1. The highest BCUT2D eigenvalue weighted by atomic mass is 16.5. The van der Waals surface area contributed by atoms with Crippen molar-refractivity contribution < 1.29 is 18.8 Å². The molecular formula is C19H18N2O4. The largest absolute Gasteiger partial charge is 0.492 e. The highest BCUT2D eigenvalue weighted by Crippen LogP contribution is 2.37. The predicted octanol–water partition coefficient (Wildman–Crippen LogP) is 2.72. The Balaban J connectivity index is 1.82. The van der Waals surface area contributed by atoms with Crippen LogP contribution >= 0.6 is 0 Å². The van der Waals surface area contributed by atoms with Gasteiger partial charge in [0.25, 0.3) is 0 Å². The van der Waals surface area contributed by atoms with E-state index in [2.05, 4.69) is 5.16 Å². The van der Waals surface area contributed by atoms with Crippen molar-refractivity contribution in [3.05, 3.63) is 36.0 Å². The van der Waals surface area contributed by atoms with E-state index in [1.807, 2.05) is 30.3 Å². The first kappa shape index (κ1) is 15.8. The second kappa shape index (κ2) is 6.29. The van der Waals surface area contributed by atoms with Gasteiger partial charge in [-0.25, -0.2) is 0 Å². The van der Waals surface area contributed by atoms with Gasteiger partial charge in [0.2, 0.25) is 0 Å². The Morgan fingerprint density at radius 3 is 2.92 bits per heavy atom. The van der Waals surface area contributed by atoms with Crippen LogP contribution in [0.2, 0.25) is 0 Å². The number of fused-ring (bicyclic) bond motifs is 3. The minimum Gasteiger partial charge on any atom is -0.492 e. The predicted molar refractivity (Wildman–Crippen MR) is 92.7 cm³/mol. The van der Waals surface area contributed by atoms with E-state index in [0.717, 1.165) is 21.9 Å². The number of Topliss-reactive ketones (excluding diaryl/α,β-unsaturated/α-hetero) is 2. The fourth-order valence-electron chi connectivity index (χ4n) is 3.44. The number of nitrogens with zero attached hydrogens (tertiary/aromatic N) is 1. The fraction of sp³-hybridized carbons (Fsp3) is 0.316. The highest BCUT2D eigenvalue weighted by Gasteiger charge is 2.32. The Labute approximate surface area is 143 Å². The topological polar surface area (TPSA) is 95.4 Å². The zero-order valence-corrected chi connectivity index (χ0v) is 13.7. The molecule has 1 atom stereocenters. The fourth-order valence-corrected chi connectivity index (χ4v) is 3.44. The van der Waals surface area contributed by atoms with Gasteiger partial charge in [-0.2, -0.15) is 0 Å². The first-order chi connectivity index (χ1) is 12.2. The number of carbonyl (C=O) groups excluding carboxylic acids is 2. The van der Waals surface area contributed by atoms with Gasteiger partial charge in [0.15, 0.2) is 5.58 Å². The summed E-state index contributed by atoms with van der Waals surface area (Å²) in [6.07, 6.45) is 0.890. The minimum atomic E-state index is -0.377. The molecule has 1 aliphatic rings. The number of ether oxygens (including phenoxy) is 1. The van der Waals surface area contributed by atoms with Crippen LogP contribution in [0.1, 0.15) is 30.9 Å². The van der Waals surface area contributed by atoms with Crippen molar-refractivity contribution in [2.24, 2.45) is 5.73 Å². The van der Waals surface area contributed by atoms with Gasteiger partial charge in [0.05, 0.1) is 17.7 Å². The highest BCUT2D eigenvalue weighted by molar-refractivity contribution is 6.11. The molecule has 1 aromatic heterocycles. The van der Waals surface area contributed by atoms with Crippen LogP contribution in [-0.4, -0.2) is 29.9 Å². The third kappa shape index (κ3) is 2.78. The molecular weight excluding hydrogens is 320 g/mol. The summed E-state index contributed by atoms with van der Waals surface area (Å²) in [5, 5.41) is 6.94. The van der Waals surface area contributed by atoms with Crippen molar-refractivity contribution in [1.82, 2.24) is 5.16 Å². The lowest BCUT2D eigenvalue weighted by atomic mass is 9.83. The molecule has 0 bridgehead atoms. The Morgan fingerprint density at radius 1 is 1.24 bits per heavy atom. The van der Waals surface area contributed by atoms with E-state index in [4.69, 9.17) is 15.0 Å². The van der Waals surface area contributed by atoms with Gasteiger partial charge >= 0.3 is 0 Å². The lowest BCUT2D eigenvalue weighted by Crippen LogP contribution is -2.23. The number of benzene rings is 2. The van der Waals surface area contributed by atoms with Gasteiger partial charge in [-0.15, -0.1) is 0 Å². The molecule has 1 saturated carbocycles. The van der Waals surface area contributed by atoms with Gasteiger partial charge in [0, 0.05) is 13.0 Å². The van der Waals surface area contributed by atoms with E-state index in [0.29, 0.717) is 37.3 Å². The summed E-state index contributed by atoms with van der Waals surface area (Å²) < 4.78 is 11.0. The molecule has 128 valence electrons. The monoisotopic (exact) mass is 338 g/mol. The Hall–Kier alpha value is -2.73. The molecule has 1 unspecified atom stereocenters. The van der Waals surface area contributed by atoms with E-state index in [1.165, 1.54) is 0 Å². The molecule has 6 nitrogen and oxygen atoms in total. The van der Waals surface area contributed by atoms with Crippen LogP contribution in [0.25, 0.3) is 21.7 Å². The normalized spacial score (nSPS) is 18.2. The molecule has 0 radical (unpaired) electrons. The smallest absolute Gasteiger partial charge is 0.167 e. The lowest BCUT2D eigenvalue weighted by molar-refractivity contribution is -0.130. The van der Waals surface area contributed by atoms with Crippen molar-refractivity contribution in [3.63, 3.8) is 0 Å². The van der Waals surface area contributed by atoms with Gasteiger partial charge < -0.3 is 15.0 Å². The van der Waals surface area contributed by atoms with E-state index in [1.54, 1.807) is 0 Å². The maximum atomic E-state index is 12.3. The number of hydrogen-bond acceptors (Lipinski definition) is 6. The second-order valence-electron chi connectivity index (χ2n) is 6.30. The first-order valence-electron chi connectivity index (χ1n) is 8.36. The number of nitrogens with two attached hydrogens (primary N) is 1. The first-order valence-corrected chi connectivity index (χ1v) is 8.36. The number of aromatic nitrogens is 1. The summed E-state index contributed by atoms with van der Waals surface area (Å²) in [4.78, 5) is 23.8. The Morgan fingerprint density at radius 2 is 2.12 bits per heavy atom. The SMILES string of the molecule is NCCOc1ccc2c(ccc3onc(C4CCC(=O)CC4=O)c32)c1. The molecule has 0 aliphatic heterocycles. The molecule has 2 N–H and O–H groups in total. The molecule has 0 spiro atoms.